The molecule has 1 aromatic rings. The average molecular weight is 348 g/mol. The summed E-state index contributed by atoms with van der Waals surface area (Å²) in [7, 11) is 1.74. The lowest BCUT2D eigenvalue weighted by atomic mass is 10.1. The van der Waals surface area contributed by atoms with Crippen LogP contribution in [0.3, 0.4) is 0 Å². The van der Waals surface area contributed by atoms with E-state index in [0.29, 0.717) is 13.2 Å². The molecule has 2 unspecified atom stereocenters. The highest BCUT2D eigenvalue weighted by atomic mass is 16.6. The summed E-state index contributed by atoms with van der Waals surface area (Å²) in [5, 5.41) is 14.2. The second-order valence-electron chi connectivity index (χ2n) is 6.23. The summed E-state index contributed by atoms with van der Waals surface area (Å²) in [6.07, 6.45) is 2.35. The van der Waals surface area contributed by atoms with Gasteiger partial charge in [-0.2, -0.15) is 0 Å². The maximum Gasteiger partial charge on any atom is 0.269 e. The van der Waals surface area contributed by atoms with Gasteiger partial charge in [-0.25, -0.2) is 0 Å². The van der Waals surface area contributed by atoms with Crippen molar-refractivity contribution in [2.24, 2.45) is 4.99 Å². The van der Waals surface area contributed by atoms with Crippen molar-refractivity contribution >= 4 is 11.6 Å². The Morgan fingerprint density at radius 1 is 1.40 bits per heavy atom. The number of nitro benzene ring substituents is 1. The first kappa shape index (κ1) is 17.6. The third-order valence-corrected chi connectivity index (χ3v) is 4.56. The largest absolute Gasteiger partial charge is 0.375 e. The SMILES string of the molecule is CN=C(NCc1cccc([N+](=O)[O-])c1)N1CCOC(C2CCCO2)C1. The van der Waals surface area contributed by atoms with Gasteiger partial charge < -0.3 is 19.7 Å². The molecule has 2 fully saturated rings. The minimum absolute atomic E-state index is 0.0626. The van der Waals surface area contributed by atoms with Crippen LogP contribution in [0.15, 0.2) is 29.3 Å². The standard InChI is InChI=1S/C17H24N4O4/c1-18-17(19-11-13-4-2-5-14(10-13)21(22)23)20-7-9-25-16(12-20)15-6-3-8-24-15/h2,4-5,10,15-16H,3,6-9,11-12H2,1H3,(H,18,19). The summed E-state index contributed by atoms with van der Waals surface area (Å²) in [4.78, 5) is 17.0. The second-order valence-corrected chi connectivity index (χ2v) is 6.23. The van der Waals surface area contributed by atoms with E-state index >= 15 is 0 Å². The van der Waals surface area contributed by atoms with E-state index in [1.54, 1.807) is 19.2 Å². The lowest BCUT2D eigenvalue weighted by Crippen LogP contribution is -2.53. The summed E-state index contributed by atoms with van der Waals surface area (Å²) >= 11 is 0. The molecule has 8 nitrogen and oxygen atoms in total. The fourth-order valence-electron chi connectivity index (χ4n) is 3.28. The van der Waals surface area contributed by atoms with Gasteiger partial charge in [0.2, 0.25) is 0 Å². The minimum atomic E-state index is -0.382. The van der Waals surface area contributed by atoms with Crippen molar-refractivity contribution in [2.45, 2.75) is 31.6 Å². The molecule has 2 heterocycles. The average Bonchev–Trinajstić information content (AvgIpc) is 3.17. The smallest absolute Gasteiger partial charge is 0.269 e. The van der Waals surface area contributed by atoms with Gasteiger partial charge >= 0.3 is 0 Å². The Kier molecular flexibility index (Phi) is 5.83. The van der Waals surface area contributed by atoms with E-state index in [1.165, 1.54) is 6.07 Å². The van der Waals surface area contributed by atoms with Gasteiger partial charge in [0.15, 0.2) is 5.96 Å². The predicted octanol–water partition coefficient (Wildman–Crippen LogP) is 1.55. The Morgan fingerprint density at radius 2 is 2.24 bits per heavy atom. The van der Waals surface area contributed by atoms with E-state index in [4.69, 9.17) is 9.47 Å². The van der Waals surface area contributed by atoms with Crippen molar-refractivity contribution in [3.05, 3.63) is 39.9 Å². The van der Waals surface area contributed by atoms with E-state index in [0.717, 1.165) is 44.1 Å². The summed E-state index contributed by atoms with van der Waals surface area (Å²) in [5.74, 6) is 0.776. The summed E-state index contributed by atoms with van der Waals surface area (Å²) in [5.41, 5.74) is 0.943. The number of guanidine groups is 1. The molecular weight excluding hydrogens is 324 g/mol. The molecule has 0 bridgehead atoms. The quantitative estimate of drug-likeness (QED) is 0.384. The van der Waals surface area contributed by atoms with Crippen molar-refractivity contribution < 1.29 is 14.4 Å². The van der Waals surface area contributed by atoms with Crippen molar-refractivity contribution in [1.82, 2.24) is 10.2 Å². The summed E-state index contributed by atoms with van der Waals surface area (Å²) in [6.45, 7) is 3.43. The number of hydrogen-bond acceptors (Lipinski definition) is 5. The lowest BCUT2D eigenvalue weighted by molar-refractivity contribution is -0.384. The first-order valence-corrected chi connectivity index (χ1v) is 8.59. The van der Waals surface area contributed by atoms with Crippen LogP contribution in [0.5, 0.6) is 0 Å². The van der Waals surface area contributed by atoms with Gasteiger partial charge in [-0.3, -0.25) is 15.1 Å². The van der Waals surface area contributed by atoms with E-state index < -0.39 is 0 Å². The van der Waals surface area contributed by atoms with E-state index in [1.807, 2.05) is 6.07 Å². The number of nitro groups is 1. The molecule has 0 amide bonds. The predicted molar refractivity (Wildman–Crippen MR) is 93.6 cm³/mol. The number of ether oxygens (including phenoxy) is 2. The molecule has 2 saturated heterocycles. The van der Waals surface area contributed by atoms with Gasteiger partial charge in [0.25, 0.3) is 5.69 Å². The van der Waals surface area contributed by atoms with Gasteiger partial charge in [-0.05, 0) is 18.4 Å². The van der Waals surface area contributed by atoms with Crippen molar-refractivity contribution in [2.75, 3.05) is 33.4 Å². The van der Waals surface area contributed by atoms with Gasteiger partial charge in [-0.1, -0.05) is 12.1 Å². The molecule has 0 spiro atoms. The maximum atomic E-state index is 10.9. The molecule has 136 valence electrons. The minimum Gasteiger partial charge on any atom is -0.375 e. The normalized spacial score (nSPS) is 24.4. The third-order valence-electron chi connectivity index (χ3n) is 4.56. The molecule has 0 aliphatic carbocycles. The Labute approximate surface area is 147 Å². The molecule has 3 rings (SSSR count). The molecule has 8 heteroatoms. The van der Waals surface area contributed by atoms with Crippen LogP contribution < -0.4 is 5.32 Å². The topological polar surface area (TPSA) is 89.2 Å². The Bertz CT molecular complexity index is 631. The van der Waals surface area contributed by atoms with Crippen molar-refractivity contribution in [3.8, 4) is 0 Å². The number of benzene rings is 1. The molecule has 2 aliphatic rings. The number of nitrogens with zero attached hydrogens (tertiary/aromatic N) is 3. The van der Waals surface area contributed by atoms with Gasteiger partial charge in [0, 0.05) is 45.4 Å². The van der Waals surface area contributed by atoms with Crippen molar-refractivity contribution in [1.29, 1.82) is 0 Å². The molecule has 0 saturated carbocycles. The molecule has 0 aromatic heterocycles. The number of morpholine rings is 1. The molecule has 2 atom stereocenters. The molecule has 25 heavy (non-hydrogen) atoms. The lowest BCUT2D eigenvalue weighted by Gasteiger charge is -2.37. The van der Waals surface area contributed by atoms with Crippen LogP contribution in [0.25, 0.3) is 0 Å². The van der Waals surface area contributed by atoms with Crippen LogP contribution in [-0.4, -0.2) is 61.3 Å². The molecular formula is C17H24N4O4. The van der Waals surface area contributed by atoms with Crippen LogP contribution >= 0.6 is 0 Å². The fourth-order valence-corrected chi connectivity index (χ4v) is 3.28. The Balaban J connectivity index is 1.58. The number of non-ortho nitro benzene ring substituents is 1. The third kappa shape index (κ3) is 4.46. The van der Waals surface area contributed by atoms with Gasteiger partial charge in [0.1, 0.15) is 6.10 Å². The zero-order chi connectivity index (χ0) is 17.6. The molecule has 1 aromatic carbocycles. The van der Waals surface area contributed by atoms with E-state index in [2.05, 4.69) is 15.2 Å². The first-order chi connectivity index (χ1) is 12.2. The highest BCUT2D eigenvalue weighted by molar-refractivity contribution is 5.80. The van der Waals surface area contributed by atoms with Crippen LogP contribution in [0.1, 0.15) is 18.4 Å². The maximum absolute atomic E-state index is 10.9. The van der Waals surface area contributed by atoms with Crippen LogP contribution in [0.4, 0.5) is 5.69 Å². The van der Waals surface area contributed by atoms with Crippen molar-refractivity contribution in [3.63, 3.8) is 0 Å². The monoisotopic (exact) mass is 348 g/mol. The number of aliphatic imine (C=N–C) groups is 1. The van der Waals surface area contributed by atoms with Crippen LogP contribution in [0, 0.1) is 10.1 Å². The highest BCUT2D eigenvalue weighted by Gasteiger charge is 2.32. The summed E-state index contributed by atoms with van der Waals surface area (Å²) in [6, 6.07) is 6.63. The fraction of sp³-hybridized carbons (Fsp3) is 0.588. The molecule has 1 N–H and O–H groups in total. The number of hydrogen-bond donors (Lipinski definition) is 1. The Hall–Kier alpha value is -2.19. The van der Waals surface area contributed by atoms with Crippen LogP contribution in [0.2, 0.25) is 0 Å². The van der Waals surface area contributed by atoms with Gasteiger partial charge in [0.05, 0.1) is 17.6 Å². The zero-order valence-electron chi connectivity index (χ0n) is 14.4. The first-order valence-electron chi connectivity index (χ1n) is 8.59. The van der Waals surface area contributed by atoms with Gasteiger partial charge in [-0.15, -0.1) is 0 Å². The second kappa shape index (κ2) is 8.26. The van der Waals surface area contributed by atoms with E-state index in [-0.39, 0.29) is 22.8 Å². The zero-order valence-corrected chi connectivity index (χ0v) is 14.4. The number of nitrogens with one attached hydrogen (secondary N) is 1. The molecule has 2 aliphatic heterocycles. The van der Waals surface area contributed by atoms with E-state index in [9.17, 15) is 10.1 Å². The van der Waals surface area contributed by atoms with Crippen LogP contribution in [-0.2, 0) is 16.0 Å². The Morgan fingerprint density at radius 3 is 2.96 bits per heavy atom. The summed E-state index contributed by atoms with van der Waals surface area (Å²) < 4.78 is 11.6. The number of rotatable bonds is 4. The highest BCUT2D eigenvalue weighted by Crippen LogP contribution is 2.21. The molecule has 0 radical (unpaired) electrons.